The number of hydrogen-bond acceptors (Lipinski definition) is 7. The van der Waals surface area contributed by atoms with Crippen molar-refractivity contribution >= 4 is 57.0 Å². The topological polar surface area (TPSA) is 123 Å². The average Bonchev–Trinajstić information content (AvgIpc) is 3.84. The summed E-state index contributed by atoms with van der Waals surface area (Å²) in [5, 5.41) is 13.2. The summed E-state index contributed by atoms with van der Waals surface area (Å²) in [5.41, 5.74) is 2.83. The number of aryl methyl sites for hydroxylation is 1. The van der Waals surface area contributed by atoms with Gasteiger partial charge in [-0.05, 0) is 74.3 Å². The van der Waals surface area contributed by atoms with E-state index in [0.717, 1.165) is 29.3 Å². The minimum absolute atomic E-state index is 0.0545. The van der Waals surface area contributed by atoms with Gasteiger partial charge in [0.2, 0.25) is 5.91 Å². The lowest BCUT2D eigenvalue weighted by atomic mass is 9.87. The molecule has 52 heavy (non-hydrogen) atoms. The molecule has 13 heteroatoms. The summed E-state index contributed by atoms with van der Waals surface area (Å²) < 4.78 is 35.8. The Bertz CT molecular complexity index is 1730. The Morgan fingerprint density at radius 1 is 0.942 bits per heavy atom. The van der Waals surface area contributed by atoms with E-state index in [1.165, 1.54) is 6.07 Å². The molecule has 0 spiro atoms. The molecule has 2 aliphatic heterocycles. The number of aromatic nitrogens is 1. The van der Waals surface area contributed by atoms with Gasteiger partial charge in [0.15, 0.2) is 0 Å². The van der Waals surface area contributed by atoms with E-state index in [1.54, 1.807) is 26.5 Å². The van der Waals surface area contributed by atoms with Crippen LogP contribution in [0.3, 0.4) is 0 Å². The smallest absolute Gasteiger partial charge is 0.306 e. The van der Waals surface area contributed by atoms with E-state index < -0.39 is 11.8 Å². The Kier molecular flexibility index (Phi) is 12.9. The van der Waals surface area contributed by atoms with Crippen molar-refractivity contribution in [2.45, 2.75) is 86.1 Å². The van der Waals surface area contributed by atoms with Crippen molar-refractivity contribution in [2.75, 3.05) is 45.9 Å². The first-order valence-corrected chi connectivity index (χ1v) is 19.8. The van der Waals surface area contributed by atoms with Crippen molar-refractivity contribution in [3.05, 3.63) is 65.1 Å². The lowest BCUT2D eigenvalue weighted by Gasteiger charge is -2.35. The van der Waals surface area contributed by atoms with Gasteiger partial charge in [-0.1, -0.05) is 40.8 Å². The summed E-state index contributed by atoms with van der Waals surface area (Å²) in [6.45, 7) is 2.00. The molecule has 2 N–H and O–H groups in total. The SMILES string of the molecule is COC[C@H]1CC[C@@H](COC)N1[C@H]1C[C@@H](COC2CCC(C(=O)O)CC2)N(C(=O)Cc2cc(CI)c(NC(=O)c3cn(C)c4ccccc34)cc2F)C1. The van der Waals surface area contributed by atoms with Crippen molar-refractivity contribution in [3.63, 3.8) is 0 Å². The number of carboxylic acids is 1. The molecule has 1 aliphatic carbocycles. The van der Waals surface area contributed by atoms with Crippen molar-refractivity contribution < 1.29 is 38.1 Å². The van der Waals surface area contributed by atoms with Crippen LogP contribution in [0.25, 0.3) is 10.9 Å². The summed E-state index contributed by atoms with van der Waals surface area (Å²) in [4.78, 5) is 43.4. The number of rotatable bonds is 14. The summed E-state index contributed by atoms with van der Waals surface area (Å²) in [7, 11) is 5.30. The van der Waals surface area contributed by atoms with Gasteiger partial charge in [-0.15, -0.1) is 0 Å². The number of aliphatic carboxylic acids is 1. The molecule has 1 aromatic heterocycles. The molecule has 0 radical (unpaired) electrons. The maximum absolute atomic E-state index is 15.9. The molecule has 2 amide bonds. The van der Waals surface area contributed by atoms with Gasteiger partial charge >= 0.3 is 5.97 Å². The van der Waals surface area contributed by atoms with Gasteiger partial charge in [-0.25, -0.2) is 4.39 Å². The normalized spacial score (nSPS) is 25.2. The number of benzene rings is 2. The zero-order valence-corrected chi connectivity index (χ0v) is 32.3. The number of carbonyl (C=O) groups excluding carboxylic acids is 2. The van der Waals surface area contributed by atoms with Crippen LogP contribution in [0.1, 0.15) is 66.4 Å². The Morgan fingerprint density at radius 3 is 2.29 bits per heavy atom. The zero-order chi connectivity index (χ0) is 36.9. The van der Waals surface area contributed by atoms with E-state index in [0.29, 0.717) is 74.1 Å². The second-order valence-electron chi connectivity index (χ2n) is 14.5. The van der Waals surface area contributed by atoms with Gasteiger partial charge in [0, 0.05) is 73.2 Å². The van der Waals surface area contributed by atoms with Crippen LogP contribution < -0.4 is 5.32 Å². The first-order valence-electron chi connectivity index (χ1n) is 18.2. The standard InChI is InChI=1S/C39H50FIN4O7/c1-43-20-33(32-6-4-5-7-36(32)43)38(47)42-35-17-34(40)25(14-26(35)18-41)15-37(46)44-19-29(45-27(21-50-2)10-11-28(45)22-51-3)16-30(44)23-52-31-12-8-24(9-13-31)39(48)49/h4-7,14,17,20,24,27-31H,8-13,15-16,18-19,21-23H2,1-3H3,(H,42,47)(H,48,49)/t24?,27-,28+,29-,30-,31?/m0/s1. The highest BCUT2D eigenvalue weighted by Crippen LogP contribution is 2.35. The molecule has 1 saturated carbocycles. The minimum Gasteiger partial charge on any atom is -0.481 e. The third-order valence-corrected chi connectivity index (χ3v) is 12.0. The number of alkyl halides is 1. The number of fused-ring (bicyclic) bond motifs is 1. The highest BCUT2D eigenvalue weighted by Gasteiger charge is 2.45. The Morgan fingerprint density at radius 2 is 1.63 bits per heavy atom. The highest BCUT2D eigenvalue weighted by molar-refractivity contribution is 14.1. The lowest BCUT2D eigenvalue weighted by Crippen LogP contribution is -2.49. The van der Waals surface area contributed by atoms with E-state index >= 15 is 4.39 Å². The lowest BCUT2D eigenvalue weighted by molar-refractivity contribution is -0.144. The minimum atomic E-state index is -0.756. The van der Waals surface area contributed by atoms with Crippen LogP contribution in [0, 0.1) is 11.7 Å². The van der Waals surface area contributed by atoms with Crippen LogP contribution in [0.4, 0.5) is 10.1 Å². The number of nitrogens with one attached hydrogen (secondary N) is 1. The average molecular weight is 833 g/mol. The van der Waals surface area contributed by atoms with E-state index in [-0.39, 0.29) is 60.0 Å². The van der Waals surface area contributed by atoms with Gasteiger partial charge in [-0.3, -0.25) is 19.3 Å². The maximum atomic E-state index is 15.9. The Balaban J connectivity index is 1.19. The van der Waals surface area contributed by atoms with E-state index in [2.05, 4.69) is 32.8 Å². The number of halogens is 2. The Labute approximate surface area is 318 Å². The molecule has 282 valence electrons. The van der Waals surface area contributed by atoms with Gasteiger partial charge < -0.3 is 34.1 Å². The molecule has 3 heterocycles. The summed E-state index contributed by atoms with van der Waals surface area (Å²) in [5.74, 6) is -2.14. The number of anilines is 1. The number of amides is 2. The third kappa shape index (κ3) is 8.48. The van der Waals surface area contributed by atoms with E-state index in [4.69, 9.17) is 14.2 Å². The first kappa shape index (κ1) is 38.6. The number of carbonyl (C=O) groups is 3. The number of carboxylic acid groups (broad SMARTS) is 1. The van der Waals surface area contributed by atoms with Crippen molar-refractivity contribution in [1.29, 1.82) is 0 Å². The van der Waals surface area contributed by atoms with Crippen molar-refractivity contribution in [3.8, 4) is 0 Å². The van der Waals surface area contributed by atoms with Crippen LogP contribution in [0.5, 0.6) is 0 Å². The van der Waals surface area contributed by atoms with Crippen LogP contribution in [0.2, 0.25) is 0 Å². The first-order chi connectivity index (χ1) is 25.1. The third-order valence-electron chi connectivity index (χ3n) is 11.2. The molecule has 4 atom stereocenters. The number of para-hydroxylation sites is 1. The molecule has 6 rings (SSSR count). The number of nitrogens with zero attached hydrogens (tertiary/aromatic N) is 3. The fourth-order valence-corrected chi connectivity index (χ4v) is 9.24. The summed E-state index contributed by atoms with van der Waals surface area (Å²) in [6, 6.07) is 10.9. The zero-order valence-electron chi connectivity index (χ0n) is 30.2. The predicted molar refractivity (Wildman–Crippen MR) is 204 cm³/mol. The molecule has 3 aliphatic rings. The van der Waals surface area contributed by atoms with E-state index in [1.807, 2.05) is 40.8 Å². The summed E-state index contributed by atoms with van der Waals surface area (Å²) in [6.07, 6.45) is 6.77. The summed E-state index contributed by atoms with van der Waals surface area (Å²) >= 11 is 2.19. The quantitative estimate of drug-likeness (QED) is 0.155. The molecule has 0 unspecified atom stereocenters. The van der Waals surface area contributed by atoms with Crippen molar-refractivity contribution in [1.82, 2.24) is 14.4 Å². The largest absolute Gasteiger partial charge is 0.481 e. The van der Waals surface area contributed by atoms with E-state index in [9.17, 15) is 19.5 Å². The van der Waals surface area contributed by atoms with Crippen LogP contribution in [-0.4, -0.2) is 108 Å². The fraction of sp³-hybridized carbons (Fsp3) is 0.564. The molecular formula is C39H50FIN4O7. The maximum Gasteiger partial charge on any atom is 0.306 e. The highest BCUT2D eigenvalue weighted by atomic mass is 127. The van der Waals surface area contributed by atoms with Crippen LogP contribution >= 0.6 is 22.6 Å². The molecule has 3 fully saturated rings. The fourth-order valence-electron chi connectivity index (χ4n) is 8.60. The van der Waals surface area contributed by atoms with Crippen LogP contribution in [-0.2, 0) is 41.7 Å². The molecule has 0 bridgehead atoms. The number of hydrogen-bond donors (Lipinski definition) is 2. The number of ether oxygens (including phenoxy) is 3. The molecular weight excluding hydrogens is 782 g/mol. The number of methoxy groups -OCH3 is 2. The van der Waals surface area contributed by atoms with Crippen LogP contribution in [0.15, 0.2) is 42.6 Å². The van der Waals surface area contributed by atoms with Gasteiger partial charge in [0.1, 0.15) is 5.82 Å². The molecule has 11 nitrogen and oxygen atoms in total. The molecule has 2 saturated heterocycles. The van der Waals surface area contributed by atoms with Gasteiger partial charge in [-0.2, -0.15) is 0 Å². The molecule has 3 aromatic rings. The molecule has 2 aromatic carbocycles. The van der Waals surface area contributed by atoms with Crippen molar-refractivity contribution in [2.24, 2.45) is 13.0 Å². The van der Waals surface area contributed by atoms with Gasteiger partial charge in [0.05, 0.1) is 49.9 Å². The monoisotopic (exact) mass is 832 g/mol. The second kappa shape index (κ2) is 17.4. The van der Waals surface area contributed by atoms with Gasteiger partial charge in [0.25, 0.3) is 5.91 Å². The Hall–Kier alpha value is -3.11. The second-order valence-corrected chi connectivity index (χ2v) is 15.3. The predicted octanol–water partition coefficient (Wildman–Crippen LogP) is 5.80. The number of likely N-dealkylation sites (tertiary alicyclic amines) is 2.